The lowest BCUT2D eigenvalue weighted by atomic mass is 10.1. The number of carboxylic acids is 1. The van der Waals surface area contributed by atoms with E-state index in [4.69, 9.17) is 0 Å². The molecule has 1 aromatic carbocycles. The Balaban J connectivity index is 2.15. The van der Waals surface area contributed by atoms with E-state index in [1.54, 1.807) is 12.1 Å². The lowest BCUT2D eigenvalue weighted by Crippen LogP contribution is -2.46. The Hall–Kier alpha value is -2.08. The van der Waals surface area contributed by atoms with E-state index in [2.05, 4.69) is 22.0 Å². The molecule has 25 heavy (non-hydrogen) atoms. The van der Waals surface area contributed by atoms with Gasteiger partial charge in [0, 0.05) is 32.6 Å². The molecule has 0 bridgehead atoms. The van der Waals surface area contributed by atoms with Gasteiger partial charge in [0.1, 0.15) is 0 Å². The second kappa shape index (κ2) is 9.42. The minimum Gasteiger partial charge on any atom is -0.478 e. The van der Waals surface area contributed by atoms with Gasteiger partial charge >= 0.3 is 5.97 Å². The minimum atomic E-state index is -0.983. The van der Waals surface area contributed by atoms with Crippen LogP contribution in [-0.2, 0) is 4.79 Å². The predicted octanol–water partition coefficient (Wildman–Crippen LogP) is 3.05. The fourth-order valence-corrected chi connectivity index (χ4v) is 3.12. The summed E-state index contributed by atoms with van der Waals surface area (Å²) >= 11 is 0. The van der Waals surface area contributed by atoms with Crippen LogP contribution in [0.25, 0.3) is 0 Å². The number of piperazine rings is 1. The molecule has 6 heteroatoms. The van der Waals surface area contributed by atoms with Crippen molar-refractivity contribution in [1.29, 1.82) is 0 Å². The van der Waals surface area contributed by atoms with Gasteiger partial charge in [-0.05, 0) is 37.6 Å². The maximum Gasteiger partial charge on any atom is 0.335 e. The molecule has 0 saturated carbocycles. The Morgan fingerprint density at radius 1 is 1.12 bits per heavy atom. The smallest absolute Gasteiger partial charge is 0.335 e. The molecule has 2 N–H and O–H groups in total. The van der Waals surface area contributed by atoms with E-state index in [1.165, 1.54) is 0 Å². The Labute approximate surface area is 149 Å². The van der Waals surface area contributed by atoms with Crippen LogP contribution in [0.2, 0.25) is 0 Å². The van der Waals surface area contributed by atoms with Gasteiger partial charge in [0.25, 0.3) is 0 Å². The molecule has 1 aromatic rings. The lowest BCUT2D eigenvalue weighted by Gasteiger charge is -2.36. The van der Waals surface area contributed by atoms with E-state index in [9.17, 15) is 14.7 Å². The van der Waals surface area contributed by atoms with Crippen LogP contribution in [-0.4, -0.2) is 54.6 Å². The van der Waals surface area contributed by atoms with Crippen molar-refractivity contribution in [2.24, 2.45) is 0 Å². The summed E-state index contributed by atoms with van der Waals surface area (Å²) in [4.78, 5) is 28.1. The highest BCUT2D eigenvalue weighted by Gasteiger charge is 2.20. The normalized spacial score (nSPS) is 15.2. The van der Waals surface area contributed by atoms with Crippen LogP contribution >= 0.6 is 0 Å². The number of carbonyl (C=O) groups excluding carboxylic acids is 1. The summed E-state index contributed by atoms with van der Waals surface area (Å²) in [5.74, 6) is -1.04. The quantitative estimate of drug-likeness (QED) is 0.756. The molecule has 0 radical (unpaired) electrons. The molecule has 138 valence electrons. The van der Waals surface area contributed by atoms with Gasteiger partial charge in [-0.25, -0.2) is 4.79 Å². The fourth-order valence-electron chi connectivity index (χ4n) is 3.12. The number of unbranched alkanes of at least 4 members (excludes halogenated alkanes) is 1. The SMILES string of the molecule is CCCCC(=O)Nc1cc(C(=O)O)ccc1N1CCN(CCC)CC1. The van der Waals surface area contributed by atoms with Gasteiger partial charge < -0.3 is 15.3 Å². The van der Waals surface area contributed by atoms with Crippen LogP contribution in [0, 0.1) is 0 Å². The van der Waals surface area contributed by atoms with Crippen molar-refractivity contribution in [3.63, 3.8) is 0 Å². The number of hydrogen-bond donors (Lipinski definition) is 2. The maximum absolute atomic E-state index is 12.1. The van der Waals surface area contributed by atoms with E-state index >= 15 is 0 Å². The minimum absolute atomic E-state index is 0.0599. The van der Waals surface area contributed by atoms with Gasteiger partial charge in [-0.3, -0.25) is 9.69 Å². The van der Waals surface area contributed by atoms with Crippen LogP contribution in [0.5, 0.6) is 0 Å². The number of carbonyl (C=O) groups is 2. The molecule has 1 aliphatic heterocycles. The second-order valence-corrected chi connectivity index (χ2v) is 6.52. The third kappa shape index (κ3) is 5.46. The van der Waals surface area contributed by atoms with Crippen molar-refractivity contribution in [3.05, 3.63) is 23.8 Å². The van der Waals surface area contributed by atoms with Gasteiger partial charge in [-0.15, -0.1) is 0 Å². The zero-order valence-electron chi connectivity index (χ0n) is 15.3. The summed E-state index contributed by atoms with van der Waals surface area (Å²) in [6, 6.07) is 4.99. The van der Waals surface area contributed by atoms with E-state index in [1.807, 2.05) is 13.0 Å². The Morgan fingerprint density at radius 3 is 2.44 bits per heavy atom. The third-order valence-electron chi connectivity index (χ3n) is 4.53. The summed E-state index contributed by atoms with van der Waals surface area (Å²) in [7, 11) is 0. The third-order valence-corrected chi connectivity index (χ3v) is 4.53. The first-order valence-electron chi connectivity index (χ1n) is 9.19. The molecule has 1 amide bonds. The Bertz CT molecular complexity index is 596. The monoisotopic (exact) mass is 347 g/mol. The molecule has 0 aliphatic carbocycles. The van der Waals surface area contributed by atoms with Gasteiger partial charge in [0.05, 0.1) is 16.9 Å². The number of anilines is 2. The van der Waals surface area contributed by atoms with Crippen LogP contribution in [0.4, 0.5) is 11.4 Å². The summed E-state index contributed by atoms with van der Waals surface area (Å²) in [6.07, 6.45) is 3.38. The number of benzene rings is 1. The number of nitrogens with one attached hydrogen (secondary N) is 1. The molecule has 0 atom stereocenters. The molecule has 0 spiro atoms. The number of hydrogen-bond acceptors (Lipinski definition) is 4. The van der Waals surface area contributed by atoms with Gasteiger partial charge in [-0.1, -0.05) is 20.3 Å². The zero-order valence-corrected chi connectivity index (χ0v) is 15.3. The van der Waals surface area contributed by atoms with Crippen LogP contribution in [0.1, 0.15) is 49.9 Å². The number of aromatic carboxylic acids is 1. The Kier molecular flexibility index (Phi) is 7.25. The first kappa shape index (κ1) is 19.2. The van der Waals surface area contributed by atoms with Crippen molar-refractivity contribution < 1.29 is 14.7 Å². The van der Waals surface area contributed by atoms with Crippen LogP contribution in [0.3, 0.4) is 0 Å². The predicted molar refractivity (Wildman–Crippen MR) is 101 cm³/mol. The van der Waals surface area contributed by atoms with Crippen molar-refractivity contribution in [2.75, 3.05) is 42.9 Å². The first-order valence-corrected chi connectivity index (χ1v) is 9.19. The van der Waals surface area contributed by atoms with Crippen LogP contribution < -0.4 is 10.2 Å². The van der Waals surface area contributed by atoms with Crippen molar-refractivity contribution in [2.45, 2.75) is 39.5 Å². The fraction of sp³-hybridized carbons (Fsp3) is 0.579. The molecule has 6 nitrogen and oxygen atoms in total. The van der Waals surface area contributed by atoms with E-state index in [-0.39, 0.29) is 11.5 Å². The molecule has 1 fully saturated rings. The second-order valence-electron chi connectivity index (χ2n) is 6.52. The number of amides is 1. The number of carboxylic acid groups (broad SMARTS) is 1. The summed E-state index contributed by atoms with van der Waals surface area (Å²) in [5.41, 5.74) is 1.70. The summed E-state index contributed by atoms with van der Waals surface area (Å²) < 4.78 is 0. The van der Waals surface area contributed by atoms with E-state index < -0.39 is 5.97 Å². The van der Waals surface area contributed by atoms with E-state index in [0.29, 0.717) is 12.1 Å². The highest BCUT2D eigenvalue weighted by molar-refractivity contribution is 5.97. The van der Waals surface area contributed by atoms with Gasteiger partial charge in [0.2, 0.25) is 5.91 Å². The zero-order chi connectivity index (χ0) is 18.2. The molecule has 2 rings (SSSR count). The molecular weight excluding hydrogens is 318 g/mol. The van der Waals surface area contributed by atoms with Crippen molar-refractivity contribution >= 4 is 23.3 Å². The molecule has 1 heterocycles. The van der Waals surface area contributed by atoms with Crippen molar-refractivity contribution in [1.82, 2.24) is 4.90 Å². The lowest BCUT2D eigenvalue weighted by molar-refractivity contribution is -0.116. The topological polar surface area (TPSA) is 72.9 Å². The largest absolute Gasteiger partial charge is 0.478 e. The highest BCUT2D eigenvalue weighted by Crippen LogP contribution is 2.28. The number of nitrogens with zero attached hydrogens (tertiary/aromatic N) is 2. The van der Waals surface area contributed by atoms with Gasteiger partial charge in [0.15, 0.2) is 0 Å². The molecule has 0 aromatic heterocycles. The number of rotatable bonds is 8. The average molecular weight is 347 g/mol. The van der Waals surface area contributed by atoms with Crippen LogP contribution in [0.15, 0.2) is 18.2 Å². The summed E-state index contributed by atoms with van der Waals surface area (Å²) in [5, 5.41) is 12.2. The van der Waals surface area contributed by atoms with E-state index in [0.717, 1.165) is 57.7 Å². The van der Waals surface area contributed by atoms with Gasteiger partial charge in [-0.2, -0.15) is 0 Å². The standard InChI is InChI=1S/C19H29N3O3/c1-3-5-6-18(23)20-16-14-15(19(24)25)7-8-17(16)22-12-10-21(9-4-2)11-13-22/h7-8,14H,3-6,9-13H2,1-2H3,(H,20,23)(H,24,25). The molecule has 1 aliphatic rings. The molecule has 0 unspecified atom stereocenters. The molecule has 1 saturated heterocycles. The Morgan fingerprint density at radius 2 is 1.84 bits per heavy atom. The molecular formula is C19H29N3O3. The summed E-state index contributed by atoms with van der Waals surface area (Å²) in [6.45, 7) is 9.05. The average Bonchev–Trinajstić information content (AvgIpc) is 2.61. The first-order chi connectivity index (χ1) is 12.0. The van der Waals surface area contributed by atoms with Crippen molar-refractivity contribution in [3.8, 4) is 0 Å². The highest BCUT2D eigenvalue weighted by atomic mass is 16.4. The maximum atomic E-state index is 12.1.